The summed E-state index contributed by atoms with van der Waals surface area (Å²) < 4.78 is 15.5. The van der Waals surface area contributed by atoms with Crippen molar-refractivity contribution in [3.63, 3.8) is 0 Å². The van der Waals surface area contributed by atoms with Gasteiger partial charge in [0, 0.05) is 19.5 Å². The standard InChI is InChI=1S/C17H23FN4O2/c1-11(2)15-19-14(16(23)21(5)10-17(3,4)24)20-22(15)13-9-7-6-8-12(13)18/h6-9,11,24H,10H2,1-5H3. The molecular formula is C17H23FN4O2. The van der Waals surface area contributed by atoms with E-state index in [0.29, 0.717) is 5.82 Å². The minimum atomic E-state index is -1.03. The Morgan fingerprint density at radius 3 is 2.54 bits per heavy atom. The summed E-state index contributed by atoms with van der Waals surface area (Å²) >= 11 is 0. The third-order valence-corrected chi connectivity index (χ3v) is 3.39. The zero-order valence-corrected chi connectivity index (χ0v) is 14.6. The Labute approximate surface area is 140 Å². The molecule has 2 rings (SSSR count). The fourth-order valence-corrected chi connectivity index (χ4v) is 2.41. The topological polar surface area (TPSA) is 71.2 Å². The van der Waals surface area contributed by atoms with Gasteiger partial charge in [-0.25, -0.2) is 14.1 Å². The molecule has 0 spiro atoms. The predicted molar refractivity (Wildman–Crippen MR) is 88.7 cm³/mol. The van der Waals surface area contributed by atoms with E-state index in [2.05, 4.69) is 10.1 Å². The van der Waals surface area contributed by atoms with Gasteiger partial charge in [0.25, 0.3) is 5.91 Å². The Balaban J connectivity index is 2.42. The molecule has 0 fully saturated rings. The van der Waals surface area contributed by atoms with Crippen LogP contribution in [0.4, 0.5) is 4.39 Å². The van der Waals surface area contributed by atoms with E-state index in [0.717, 1.165) is 0 Å². The Hall–Kier alpha value is -2.28. The second-order valence-electron chi connectivity index (χ2n) is 6.79. The zero-order valence-electron chi connectivity index (χ0n) is 14.6. The number of likely N-dealkylation sites (N-methyl/N-ethyl adjacent to an activating group) is 1. The van der Waals surface area contributed by atoms with Crippen LogP contribution in [0.3, 0.4) is 0 Å². The van der Waals surface area contributed by atoms with Crippen LogP contribution in [0.1, 0.15) is 50.1 Å². The van der Waals surface area contributed by atoms with Crippen molar-refractivity contribution < 1.29 is 14.3 Å². The van der Waals surface area contributed by atoms with E-state index in [1.54, 1.807) is 39.1 Å². The van der Waals surface area contributed by atoms with Crippen molar-refractivity contribution in [1.82, 2.24) is 19.7 Å². The van der Waals surface area contributed by atoms with Crippen LogP contribution in [0.15, 0.2) is 24.3 Å². The van der Waals surface area contributed by atoms with Gasteiger partial charge in [0.2, 0.25) is 5.82 Å². The highest BCUT2D eigenvalue weighted by Crippen LogP contribution is 2.20. The van der Waals surface area contributed by atoms with Crippen molar-refractivity contribution in [3.8, 4) is 5.69 Å². The molecule has 0 saturated heterocycles. The highest BCUT2D eigenvalue weighted by Gasteiger charge is 2.26. The molecule has 1 heterocycles. The Morgan fingerprint density at radius 1 is 1.38 bits per heavy atom. The van der Waals surface area contributed by atoms with E-state index in [-0.39, 0.29) is 24.0 Å². The van der Waals surface area contributed by atoms with E-state index in [1.165, 1.54) is 15.6 Å². The molecule has 6 nitrogen and oxygen atoms in total. The predicted octanol–water partition coefficient (Wildman–Crippen LogP) is 2.37. The molecule has 0 bridgehead atoms. The summed E-state index contributed by atoms with van der Waals surface area (Å²) in [7, 11) is 1.57. The van der Waals surface area contributed by atoms with Crippen molar-refractivity contribution in [2.75, 3.05) is 13.6 Å². The number of aliphatic hydroxyl groups is 1. The van der Waals surface area contributed by atoms with Gasteiger partial charge in [0.05, 0.1) is 5.60 Å². The highest BCUT2D eigenvalue weighted by molar-refractivity contribution is 5.90. The van der Waals surface area contributed by atoms with Crippen LogP contribution in [0, 0.1) is 5.82 Å². The van der Waals surface area contributed by atoms with Gasteiger partial charge in [-0.15, -0.1) is 5.10 Å². The summed E-state index contributed by atoms with van der Waals surface area (Å²) in [6.45, 7) is 7.16. The van der Waals surface area contributed by atoms with Crippen molar-refractivity contribution in [2.24, 2.45) is 0 Å². The minimum Gasteiger partial charge on any atom is -0.389 e. The van der Waals surface area contributed by atoms with Gasteiger partial charge in [-0.2, -0.15) is 0 Å². The molecule has 0 unspecified atom stereocenters. The van der Waals surface area contributed by atoms with Crippen molar-refractivity contribution in [2.45, 2.75) is 39.2 Å². The number of benzene rings is 1. The van der Waals surface area contributed by atoms with E-state index in [1.807, 2.05) is 13.8 Å². The third kappa shape index (κ3) is 3.97. The number of nitrogens with zero attached hydrogens (tertiary/aromatic N) is 4. The number of hydrogen-bond donors (Lipinski definition) is 1. The van der Waals surface area contributed by atoms with Gasteiger partial charge < -0.3 is 10.0 Å². The third-order valence-electron chi connectivity index (χ3n) is 3.39. The maximum Gasteiger partial charge on any atom is 0.293 e. The molecule has 2 aromatic rings. The normalized spacial score (nSPS) is 11.8. The van der Waals surface area contributed by atoms with Crippen molar-refractivity contribution in [3.05, 3.63) is 41.7 Å². The summed E-state index contributed by atoms with van der Waals surface area (Å²) in [6, 6.07) is 6.22. The summed E-state index contributed by atoms with van der Waals surface area (Å²) in [5.41, 5.74) is -0.780. The van der Waals surface area contributed by atoms with Gasteiger partial charge in [0.15, 0.2) is 0 Å². The molecule has 0 radical (unpaired) electrons. The van der Waals surface area contributed by atoms with Crippen LogP contribution in [0.5, 0.6) is 0 Å². The van der Waals surface area contributed by atoms with Crippen LogP contribution in [0.25, 0.3) is 5.69 Å². The monoisotopic (exact) mass is 334 g/mol. The average molecular weight is 334 g/mol. The second kappa shape index (κ2) is 6.68. The zero-order chi connectivity index (χ0) is 18.1. The van der Waals surface area contributed by atoms with E-state index >= 15 is 0 Å². The van der Waals surface area contributed by atoms with Gasteiger partial charge in [0.1, 0.15) is 17.3 Å². The number of rotatable bonds is 5. The lowest BCUT2D eigenvalue weighted by Crippen LogP contribution is -2.40. The molecule has 7 heteroatoms. The maximum atomic E-state index is 14.1. The van der Waals surface area contributed by atoms with E-state index in [9.17, 15) is 14.3 Å². The first kappa shape index (κ1) is 18.1. The summed E-state index contributed by atoms with van der Waals surface area (Å²) in [4.78, 5) is 18.2. The smallest absolute Gasteiger partial charge is 0.293 e. The first-order valence-electron chi connectivity index (χ1n) is 7.80. The lowest BCUT2D eigenvalue weighted by molar-refractivity contribution is 0.0361. The van der Waals surface area contributed by atoms with Crippen LogP contribution in [-0.4, -0.2) is 49.9 Å². The molecule has 1 amide bonds. The quantitative estimate of drug-likeness (QED) is 0.911. The first-order valence-corrected chi connectivity index (χ1v) is 7.80. The van der Waals surface area contributed by atoms with Crippen molar-refractivity contribution >= 4 is 5.91 Å². The van der Waals surface area contributed by atoms with Crippen LogP contribution >= 0.6 is 0 Å². The lowest BCUT2D eigenvalue weighted by Gasteiger charge is -2.24. The van der Waals surface area contributed by atoms with Crippen LogP contribution in [0.2, 0.25) is 0 Å². The largest absolute Gasteiger partial charge is 0.389 e. The molecule has 1 N–H and O–H groups in total. The fourth-order valence-electron chi connectivity index (χ4n) is 2.41. The van der Waals surface area contributed by atoms with Gasteiger partial charge in [-0.05, 0) is 26.0 Å². The molecule has 130 valence electrons. The molecule has 0 saturated carbocycles. The van der Waals surface area contributed by atoms with Gasteiger partial charge >= 0.3 is 0 Å². The number of carbonyl (C=O) groups excluding carboxylic acids is 1. The van der Waals surface area contributed by atoms with Gasteiger partial charge in [-0.1, -0.05) is 26.0 Å². The minimum absolute atomic E-state index is 0.0197. The molecule has 0 aliphatic rings. The van der Waals surface area contributed by atoms with Crippen molar-refractivity contribution in [1.29, 1.82) is 0 Å². The Morgan fingerprint density at radius 2 is 2.00 bits per heavy atom. The number of hydrogen-bond acceptors (Lipinski definition) is 4. The number of para-hydroxylation sites is 1. The second-order valence-corrected chi connectivity index (χ2v) is 6.79. The number of halogens is 1. The molecule has 0 aliphatic heterocycles. The molecular weight excluding hydrogens is 311 g/mol. The first-order chi connectivity index (χ1) is 11.1. The molecule has 24 heavy (non-hydrogen) atoms. The SMILES string of the molecule is CC(C)c1nc(C(=O)N(C)CC(C)(C)O)nn1-c1ccccc1F. The van der Waals surface area contributed by atoms with Gasteiger partial charge in [-0.3, -0.25) is 4.79 Å². The average Bonchev–Trinajstić information content (AvgIpc) is 2.90. The number of amides is 1. The summed E-state index contributed by atoms with van der Waals surface area (Å²) in [5.74, 6) is -0.422. The summed E-state index contributed by atoms with van der Waals surface area (Å²) in [5, 5.41) is 14.1. The van der Waals surface area contributed by atoms with Crippen LogP contribution in [-0.2, 0) is 0 Å². The fraction of sp³-hybridized carbons (Fsp3) is 0.471. The Kier molecular flexibility index (Phi) is 5.03. The van der Waals surface area contributed by atoms with Crippen LogP contribution < -0.4 is 0 Å². The number of aromatic nitrogens is 3. The summed E-state index contributed by atoms with van der Waals surface area (Å²) in [6.07, 6.45) is 0. The lowest BCUT2D eigenvalue weighted by atomic mass is 10.1. The van der Waals surface area contributed by atoms with E-state index < -0.39 is 17.3 Å². The Bertz CT molecular complexity index is 734. The molecule has 1 aromatic heterocycles. The number of carbonyl (C=O) groups is 1. The molecule has 1 aromatic carbocycles. The maximum absolute atomic E-state index is 14.1. The highest BCUT2D eigenvalue weighted by atomic mass is 19.1. The molecule has 0 atom stereocenters. The van der Waals surface area contributed by atoms with E-state index in [4.69, 9.17) is 0 Å². The molecule has 0 aliphatic carbocycles.